The van der Waals surface area contributed by atoms with E-state index in [9.17, 15) is 4.39 Å². The first-order chi connectivity index (χ1) is 9.13. The van der Waals surface area contributed by atoms with Gasteiger partial charge in [-0.3, -0.25) is 0 Å². The van der Waals surface area contributed by atoms with E-state index < -0.39 is 0 Å². The summed E-state index contributed by atoms with van der Waals surface area (Å²) in [7, 11) is 0. The number of rotatable bonds is 5. The lowest BCUT2D eigenvalue weighted by Crippen LogP contribution is -2.11. The Morgan fingerprint density at radius 3 is 2.32 bits per heavy atom. The molecule has 0 fully saturated rings. The van der Waals surface area contributed by atoms with Crippen molar-refractivity contribution >= 4 is 11.6 Å². The van der Waals surface area contributed by atoms with Crippen LogP contribution in [-0.4, -0.2) is 6.61 Å². The molecule has 0 aliphatic heterocycles. The standard InChI is InChI=1S/C16H16ClFO/c1-12(10-13-2-6-15(18)7-3-13)11-19-16-8-4-14(17)5-9-16/h2-9,12H,10-11H2,1H3/t12-/m1/s1. The quantitative estimate of drug-likeness (QED) is 0.768. The molecule has 0 unspecified atom stereocenters. The molecule has 100 valence electrons. The molecular formula is C16H16ClFO. The molecule has 0 aliphatic carbocycles. The Morgan fingerprint density at radius 1 is 1.05 bits per heavy atom. The summed E-state index contributed by atoms with van der Waals surface area (Å²) < 4.78 is 18.5. The molecule has 0 saturated carbocycles. The Labute approximate surface area is 118 Å². The topological polar surface area (TPSA) is 9.23 Å². The molecule has 0 heterocycles. The molecule has 0 spiro atoms. The highest BCUT2D eigenvalue weighted by molar-refractivity contribution is 6.30. The fourth-order valence-electron chi connectivity index (χ4n) is 1.85. The van der Waals surface area contributed by atoms with Crippen LogP contribution in [0, 0.1) is 11.7 Å². The second-order valence-electron chi connectivity index (χ2n) is 4.70. The van der Waals surface area contributed by atoms with Gasteiger partial charge >= 0.3 is 0 Å². The van der Waals surface area contributed by atoms with Gasteiger partial charge < -0.3 is 4.74 Å². The van der Waals surface area contributed by atoms with Crippen LogP contribution in [0.15, 0.2) is 48.5 Å². The molecule has 19 heavy (non-hydrogen) atoms. The summed E-state index contributed by atoms with van der Waals surface area (Å²) in [4.78, 5) is 0. The first kappa shape index (κ1) is 13.9. The van der Waals surface area contributed by atoms with Gasteiger partial charge in [-0.1, -0.05) is 30.7 Å². The van der Waals surface area contributed by atoms with Gasteiger partial charge in [0.2, 0.25) is 0 Å². The molecule has 3 heteroatoms. The van der Waals surface area contributed by atoms with Crippen molar-refractivity contribution in [3.63, 3.8) is 0 Å². The van der Waals surface area contributed by atoms with Gasteiger partial charge in [0, 0.05) is 5.02 Å². The molecular weight excluding hydrogens is 263 g/mol. The van der Waals surface area contributed by atoms with Crippen LogP contribution in [0.5, 0.6) is 5.75 Å². The van der Waals surface area contributed by atoms with Crippen molar-refractivity contribution in [2.24, 2.45) is 5.92 Å². The lowest BCUT2D eigenvalue weighted by Gasteiger charge is -2.13. The van der Waals surface area contributed by atoms with E-state index in [1.807, 2.05) is 36.4 Å². The summed E-state index contributed by atoms with van der Waals surface area (Å²) in [6.07, 6.45) is 0.869. The van der Waals surface area contributed by atoms with Crippen LogP contribution in [0.4, 0.5) is 4.39 Å². The monoisotopic (exact) mass is 278 g/mol. The Balaban J connectivity index is 1.82. The predicted octanol–water partition coefficient (Wildman–Crippen LogP) is 4.74. The largest absolute Gasteiger partial charge is 0.493 e. The Morgan fingerprint density at radius 2 is 1.68 bits per heavy atom. The van der Waals surface area contributed by atoms with Gasteiger partial charge in [-0.05, 0) is 54.3 Å². The number of benzene rings is 2. The summed E-state index contributed by atoms with van der Waals surface area (Å²) in [5, 5.41) is 0.701. The molecule has 2 aromatic carbocycles. The summed E-state index contributed by atoms with van der Waals surface area (Å²) in [6.45, 7) is 2.73. The van der Waals surface area contributed by atoms with Crippen LogP contribution >= 0.6 is 11.6 Å². The van der Waals surface area contributed by atoms with E-state index >= 15 is 0 Å². The first-order valence-electron chi connectivity index (χ1n) is 6.26. The van der Waals surface area contributed by atoms with E-state index in [1.165, 1.54) is 12.1 Å². The molecule has 2 rings (SSSR count). The minimum Gasteiger partial charge on any atom is -0.493 e. The molecule has 0 bridgehead atoms. The molecule has 0 aliphatic rings. The van der Waals surface area contributed by atoms with Crippen molar-refractivity contribution < 1.29 is 9.13 Å². The third-order valence-corrected chi connectivity index (χ3v) is 3.10. The molecule has 0 aromatic heterocycles. The average molecular weight is 279 g/mol. The fourth-order valence-corrected chi connectivity index (χ4v) is 1.98. The van der Waals surface area contributed by atoms with Gasteiger partial charge in [-0.25, -0.2) is 4.39 Å². The molecule has 1 atom stereocenters. The predicted molar refractivity (Wildman–Crippen MR) is 76.2 cm³/mol. The van der Waals surface area contributed by atoms with E-state index in [0.717, 1.165) is 17.7 Å². The van der Waals surface area contributed by atoms with E-state index in [1.54, 1.807) is 0 Å². The number of halogens is 2. The molecule has 2 aromatic rings. The fraction of sp³-hybridized carbons (Fsp3) is 0.250. The smallest absolute Gasteiger partial charge is 0.123 e. The van der Waals surface area contributed by atoms with Crippen molar-refractivity contribution in [1.82, 2.24) is 0 Å². The van der Waals surface area contributed by atoms with E-state index in [0.29, 0.717) is 17.5 Å². The van der Waals surface area contributed by atoms with E-state index in [-0.39, 0.29) is 5.82 Å². The highest BCUT2D eigenvalue weighted by atomic mass is 35.5. The second-order valence-corrected chi connectivity index (χ2v) is 5.14. The van der Waals surface area contributed by atoms with Gasteiger partial charge in [0.15, 0.2) is 0 Å². The van der Waals surface area contributed by atoms with Crippen molar-refractivity contribution in [1.29, 1.82) is 0 Å². The maximum absolute atomic E-state index is 12.8. The number of hydrogen-bond donors (Lipinski definition) is 0. The summed E-state index contributed by atoms with van der Waals surface area (Å²) in [5.74, 6) is 0.977. The zero-order valence-electron chi connectivity index (χ0n) is 10.8. The zero-order valence-corrected chi connectivity index (χ0v) is 11.5. The lowest BCUT2D eigenvalue weighted by molar-refractivity contribution is 0.259. The second kappa shape index (κ2) is 6.58. The number of ether oxygens (including phenoxy) is 1. The van der Waals surface area contributed by atoms with E-state index in [2.05, 4.69) is 6.92 Å². The number of hydrogen-bond acceptors (Lipinski definition) is 1. The van der Waals surface area contributed by atoms with Gasteiger partial charge in [0.05, 0.1) is 6.61 Å². The normalized spacial score (nSPS) is 12.2. The van der Waals surface area contributed by atoms with Crippen LogP contribution in [0.2, 0.25) is 5.02 Å². The van der Waals surface area contributed by atoms with Crippen molar-refractivity contribution in [2.45, 2.75) is 13.3 Å². The minimum atomic E-state index is -0.200. The summed E-state index contributed by atoms with van der Waals surface area (Å²) in [5.41, 5.74) is 1.12. The first-order valence-corrected chi connectivity index (χ1v) is 6.64. The van der Waals surface area contributed by atoms with Crippen molar-refractivity contribution in [2.75, 3.05) is 6.61 Å². The highest BCUT2D eigenvalue weighted by Crippen LogP contribution is 2.17. The molecule has 0 N–H and O–H groups in total. The SMILES string of the molecule is C[C@@H](COc1ccc(Cl)cc1)Cc1ccc(F)cc1. The van der Waals surface area contributed by atoms with Crippen LogP contribution in [0.25, 0.3) is 0 Å². The molecule has 0 amide bonds. The third-order valence-electron chi connectivity index (χ3n) is 2.85. The van der Waals surface area contributed by atoms with E-state index in [4.69, 9.17) is 16.3 Å². The van der Waals surface area contributed by atoms with Gasteiger partial charge in [0.1, 0.15) is 11.6 Å². The Bertz CT molecular complexity index is 507. The van der Waals surface area contributed by atoms with Crippen molar-refractivity contribution in [3.05, 3.63) is 64.9 Å². The maximum Gasteiger partial charge on any atom is 0.123 e. The summed E-state index contributed by atoms with van der Waals surface area (Å²) in [6, 6.07) is 13.9. The Hall–Kier alpha value is -1.54. The third kappa shape index (κ3) is 4.56. The molecule has 0 radical (unpaired) electrons. The van der Waals surface area contributed by atoms with Crippen LogP contribution in [-0.2, 0) is 6.42 Å². The highest BCUT2D eigenvalue weighted by Gasteiger charge is 2.05. The maximum atomic E-state index is 12.8. The van der Waals surface area contributed by atoms with Gasteiger partial charge in [-0.15, -0.1) is 0 Å². The summed E-state index contributed by atoms with van der Waals surface area (Å²) >= 11 is 5.81. The van der Waals surface area contributed by atoms with Crippen LogP contribution < -0.4 is 4.74 Å². The van der Waals surface area contributed by atoms with Crippen molar-refractivity contribution in [3.8, 4) is 5.75 Å². The Kier molecular flexibility index (Phi) is 4.80. The minimum absolute atomic E-state index is 0.200. The lowest BCUT2D eigenvalue weighted by atomic mass is 10.0. The van der Waals surface area contributed by atoms with Gasteiger partial charge in [-0.2, -0.15) is 0 Å². The molecule has 1 nitrogen and oxygen atoms in total. The van der Waals surface area contributed by atoms with Crippen LogP contribution in [0.3, 0.4) is 0 Å². The molecule has 0 saturated heterocycles. The average Bonchev–Trinajstić information content (AvgIpc) is 2.41. The zero-order chi connectivity index (χ0) is 13.7. The van der Waals surface area contributed by atoms with Gasteiger partial charge in [0.25, 0.3) is 0 Å². The van der Waals surface area contributed by atoms with Crippen LogP contribution in [0.1, 0.15) is 12.5 Å².